The van der Waals surface area contributed by atoms with E-state index >= 15 is 0 Å². The molecule has 4 N–H and O–H groups in total. The molecule has 1 fully saturated rings. The van der Waals surface area contributed by atoms with Crippen LogP contribution in [0.1, 0.15) is 24.3 Å². The molecule has 1 aliphatic heterocycles. The summed E-state index contributed by atoms with van der Waals surface area (Å²) in [5.41, 5.74) is -0.697. The number of nitrogens with one attached hydrogen (secondary N) is 2. The third-order valence-corrected chi connectivity index (χ3v) is 6.65. The first-order chi connectivity index (χ1) is 12.1. The number of rotatable bonds is 6. The summed E-state index contributed by atoms with van der Waals surface area (Å²) in [6.07, 6.45) is 0.191. The van der Waals surface area contributed by atoms with Crippen molar-refractivity contribution in [3.63, 3.8) is 0 Å². The maximum Gasteiger partial charge on any atom is 0.191 e. The highest BCUT2D eigenvalue weighted by Crippen LogP contribution is 2.29. The van der Waals surface area contributed by atoms with Crippen molar-refractivity contribution in [2.75, 3.05) is 31.1 Å². The lowest BCUT2D eigenvalue weighted by Crippen LogP contribution is -2.41. The third-order valence-electron chi connectivity index (χ3n) is 4.19. The molecule has 2 unspecified atom stereocenters. The fraction of sp³-hybridized carbons (Fsp3) is 0.500. The van der Waals surface area contributed by atoms with Crippen molar-refractivity contribution in [1.29, 1.82) is 0 Å². The molecule has 5 nitrogen and oxygen atoms in total. The number of benzene rings is 1. The standard InChI is InChI=1S/C18H25N3O2S2.HI/c1-2-19-17(21-11-18(23)7-8-24-12-18)20-10-14(22)16-9-13-5-3-4-6-15(13)25-16;/h3-6,9,14,22-23H,2,7-8,10-12H2,1H3,(H2,19,20,21);1H. The van der Waals surface area contributed by atoms with Crippen LogP contribution in [0.4, 0.5) is 0 Å². The number of hydrogen-bond donors (Lipinski definition) is 4. The Balaban J connectivity index is 0.00000243. The van der Waals surface area contributed by atoms with Crippen molar-refractivity contribution < 1.29 is 10.2 Å². The molecule has 26 heavy (non-hydrogen) atoms. The van der Waals surface area contributed by atoms with E-state index in [1.54, 1.807) is 23.1 Å². The van der Waals surface area contributed by atoms with E-state index in [4.69, 9.17) is 0 Å². The lowest BCUT2D eigenvalue weighted by Gasteiger charge is -2.20. The average molecular weight is 507 g/mol. The van der Waals surface area contributed by atoms with Crippen LogP contribution < -0.4 is 10.6 Å². The molecule has 2 heterocycles. The van der Waals surface area contributed by atoms with Crippen molar-refractivity contribution in [1.82, 2.24) is 10.6 Å². The van der Waals surface area contributed by atoms with Gasteiger partial charge in [-0.3, -0.25) is 4.99 Å². The number of halogens is 1. The number of thiophene rings is 1. The molecule has 2 aromatic rings. The summed E-state index contributed by atoms with van der Waals surface area (Å²) in [5.74, 6) is 2.36. The molecule has 1 aromatic carbocycles. The van der Waals surface area contributed by atoms with Crippen LogP contribution in [-0.4, -0.2) is 52.9 Å². The van der Waals surface area contributed by atoms with Crippen LogP contribution in [0.25, 0.3) is 10.1 Å². The van der Waals surface area contributed by atoms with Crippen LogP contribution in [-0.2, 0) is 0 Å². The highest BCUT2D eigenvalue weighted by Gasteiger charge is 2.31. The first-order valence-corrected chi connectivity index (χ1v) is 10.6. The van der Waals surface area contributed by atoms with Gasteiger partial charge in [0.25, 0.3) is 0 Å². The third kappa shape index (κ3) is 5.72. The zero-order valence-corrected chi connectivity index (χ0v) is 18.7. The number of aliphatic hydroxyl groups excluding tert-OH is 1. The fourth-order valence-electron chi connectivity index (χ4n) is 2.75. The molecule has 0 radical (unpaired) electrons. The summed E-state index contributed by atoms with van der Waals surface area (Å²) in [5, 5.41) is 28.4. The number of aliphatic imine (C=N–C) groups is 1. The van der Waals surface area contributed by atoms with Gasteiger partial charge in [0.2, 0.25) is 0 Å². The van der Waals surface area contributed by atoms with Crippen molar-refractivity contribution >= 4 is 63.1 Å². The molecule has 0 amide bonds. The molecular weight excluding hydrogens is 481 g/mol. The van der Waals surface area contributed by atoms with E-state index in [0.29, 0.717) is 19.0 Å². The van der Waals surface area contributed by atoms with E-state index in [2.05, 4.69) is 27.8 Å². The molecule has 1 aliphatic rings. The first-order valence-electron chi connectivity index (χ1n) is 8.58. The van der Waals surface area contributed by atoms with Gasteiger partial charge in [-0.25, -0.2) is 0 Å². The lowest BCUT2D eigenvalue weighted by molar-refractivity contribution is 0.0778. The van der Waals surface area contributed by atoms with Crippen LogP contribution >= 0.6 is 47.1 Å². The van der Waals surface area contributed by atoms with Gasteiger partial charge in [-0.05, 0) is 36.6 Å². The van der Waals surface area contributed by atoms with Gasteiger partial charge in [0.05, 0.1) is 12.1 Å². The van der Waals surface area contributed by atoms with Crippen LogP contribution in [0.2, 0.25) is 0 Å². The van der Waals surface area contributed by atoms with Crippen LogP contribution in [0.3, 0.4) is 0 Å². The van der Waals surface area contributed by atoms with Gasteiger partial charge in [0, 0.05) is 28.4 Å². The Morgan fingerprint density at radius 2 is 2.15 bits per heavy atom. The number of fused-ring (bicyclic) bond motifs is 1. The van der Waals surface area contributed by atoms with Crippen LogP contribution in [0.15, 0.2) is 35.3 Å². The number of aliphatic hydroxyl groups is 2. The Kier molecular flexibility index (Phi) is 8.46. The molecule has 2 atom stereocenters. The highest BCUT2D eigenvalue weighted by atomic mass is 127. The molecule has 1 aromatic heterocycles. The molecule has 1 saturated heterocycles. The maximum absolute atomic E-state index is 10.5. The van der Waals surface area contributed by atoms with E-state index in [1.165, 1.54) is 4.70 Å². The number of hydrogen-bond acceptors (Lipinski definition) is 5. The van der Waals surface area contributed by atoms with E-state index in [1.807, 2.05) is 25.1 Å². The minimum absolute atomic E-state index is 0. The Morgan fingerprint density at radius 1 is 1.35 bits per heavy atom. The number of thioether (sulfide) groups is 1. The molecule has 144 valence electrons. The Morgan fingerprint density at radius 3 is 2.85 bits per heavy atom. The van der Waals surface area contributed by atoms with E-state index in [9.17, 15) is 10.2 Å². The topological polar surface area (TPSA) is 76.9 Å². The van der Waals surface area contributed by atoms with Gasteiger partial charge in [0.1, 0.15) is 6.10 Å². The van der Waals surface area contributed by atoms with E-state index in [-0.39, 0.29) is 24.0 Å². The van der Waals surface area contributed by atoms with Gasteiger partial charge in [0.15, 0.2) is 5.96 Å². The summed E-state index contributed by atoms with van der Waals surface area (Å²) < 4.78 is 1.18. The SMILES string of the molecule is CCNC(=NCC1(O)CCSC1)NCC(O)c1cc2ccccc2s1.I. The summed E-state index contributed by atoms with van der Waals surface area (Å²) in [6.45, 7) is 3.50. The molecule has 3 rings (SSSR count). The molecule has 0 bridgehead atoms. The van der Waals surface area contributed by atoms with Crippen molar-refractivity contribution in [3.8, 4) is 0 Å². The second kappa shape index (κ2) is 10.1. The Hall–Kier alpha value is -0.550. The Bertz CT molecular complexity index is 699. The van der Waals surface area contributed by atoms with Gasteiger partial charge in [-0.15, -0.1) is 35.3 Å². The van der Waals surface area contributed by atoms with Gasteiger partial charge in [-0.2, -0.15) is 11.8 Å². The number of guanidine groups is 1. The summed E-state index contributed by atoms with van der Waals surface area (Å²) in [4.78, 5) is 5.44. The summed E-state index contributed by atoms with van der Waals surface area (Å²) in [6, 6.07) is 10.2. The van der Waals surface area contributed by atoms with E-state index in [0.717, 1.165) is 34.7 Å². The first kappa shape index (κ1) is 21.7. The van der Waals surface area contributed by atoms with Gasteiger partial charge in [-0.1, -0.05) is 18.2 Å². The minimum Gasteiger partial charge on any atom is -0.387 e. The fourth-order valence-corrected chi connectivity index (χ4v) is 5.08. The van der Waals surface area contributed by atoms with Crippen molar-refractivity contribution in [2.45, 2.75) is 25.0 Å². The van der Waals surface area contributed by atoms with Crippen molar-refractivity contribution in [2.24, 2.45) is 4.99 Å². The summed E-state index contributed by atoms with van der Waals surface area (Å²) in [7, 11) is 0. The number of nitrogens with zero attached hydrogens (tertiary/aromatic N) is 1. The van der Waals surface area contributed by atoms with Crippen LogP contribution in [0, 0.1) is 0 Å². The van der Waals surface area contributed by atoms with Gasteiger partial charge >= 0.3 is 0 Å². The Labute approximate surface area is 179 Å². The monoisotopic (exact) mass is 507 g/mol. The zero-order chi connectivity index (χ0) is 17.7. The predicted octanol–water partition coefficient (Wildman–Crippen LogP) is 2.98. The second-order valence-corrected chi connectivity index (χ2v) is 8.53. The zero-order valence-electron chi connectivity index (χ0n) is 14.8. The normalized spacial score (nSPS) is 21.4. The highest BCUT2D eigenvalue weighted by molar-refractivity contribution is 14.0. The molecule has 0 aliphatic carbocycles. The van der Waals surface area contributed by atoms with Crippen LogP contribution in [0.5, 0.6) is 0 Å². The lowest BCUT2D eigenvalue weighted by atomic mass is 10.1. The molecule has 0 spiro atoms. The quantitative estimate of drug-likeness (QED) is 0.275. The summed E-state index contributed by atoms with van der Waals surface area (Å²) >= 11 is 3.38. The second-order valence-electron chi connectivity index (χ2n) is 6.31. The van der Waals surface area contributed by atoms with Gasteiger partial charge < -0.3 is 20.8 Å². The smallest absolute Gasteiger partial charge is 0.191 e. The largest absolute Gasteiger partial charge is 0.387 e. The van der Waals surface area contributed by atoms with E-state index < -0.39 is 11.7 Å². The van der Waals surface area contributed by atoms with Crippen molar-refractivity contribution in [3.05, 3.63) is 35.2 Å². The molecule has 0 saturated carbocycles. The molecular formula is C18H26IN3O2S2. The minimum atomic E-state index is -0.697. The maximum atomic E-state index is 10.5. The predicted molar refractivity (Wildman–Crippen MR) is 123 cm³/mol. The average Bonchev–Trinajstić information content (AvgIpc) is 3.23. The molecule has 8 heteroatoms.